The maximum atomic E-state index is 12.6. The molecule has 0 heterocycles. The predicted molar refractivity (Wildman–Crippen MR) is 115 cm³/mol. The number of sulfonamides is 1. The van der Waals surface area contributed by atoms with Gasteiger partial charge in [-0.1, -0.05) is 49.8 Å². The normalized spacial score (nSPS) is 12.7. The molecular weight excluding hydrogens is 408 g/mol. The number of aliphatic hydroxyl groups excluding tert-OH is 1. The third kappa shape index (κ3) is 6.80. The van der Waals surface area contributed by atoms with Gasteiger partial charge in [0.2, 0.25) is 10.0 Å². The van der Waals surface area contributed by atoms with Gasteiger partial charge in [0.05, 0.1) is 11.5 Å². The van der Waals surface area contributed by atoms with Crippen molar-refractivity contribution in [3.05, 3.63) is 69.8 Å². The minimum atomic E-state index is -4.17. The highest BCUT2D eigenvalue weighted by molar-refractivity contribution is 7.89. The van der Waals surface area contributed by atoms with Gasteiger partial charge in [-0.15, -0.1) is 5.54 Å². The van der Waals surface area contributed by atoms with Crippen molar-refractivity contribution in [3.63, 3.8) is 0 Å². The fourth-order valence-corrected chi connectivity index (χ4v) is 4.45. The van der Waals surface area contributed by atoms with Gasteiger partial charge in [0, 0.05) is 17.7 Å². The number of nitro benzene ring substituents is 1. The van der Waals surface area contributed by atoms with Gasteiger partial charge in [-0.25, -0.2) is 13.1 Å². The summed E-state index contributed by atoms with van der Waals surface area (Å²) in [6, 6.07) is 11.7. The van der Waals surface area contributed by atoms with Crippen molar-refractivity contribution in [2.24, 2.45) is 0 Å². The van der Waals surface area contributed by atoms with Gasteiger partial charge in [-0.3, -0.25) is 10.1 Å². The Hall–Kier alpha value is -2.51. The van der Waals surface area contributed by atoms with Crippen molar-refractivity contribution in [1.29, 1.82) is 0 Å². The van der Waals surface area contributed by atoms with Crippen molar-refractivity contribution >= 4 is 23.8 Å². The van der Waals surface area contributed by atoms with Crippen molar-refractivity contribution in [1.82, 2.24) is 4.72 Å². The van der Waals surface area contributed by atoms with E-state index in [0.717, 1.165) is 17.2 Å². The lowest BCUT2D eigenvalue weighted by Gasteiger charge is -2.16. The number of nitro groups is 1. The Morgan fingerprint density at radius 3 is 2.31 bits per heavy atom. The topological polar surface area (TPSA) is 110 Å². The van der Waals surface area contributed by atoms with Crippen LogP contribution in [0.4, 0.5) is 5.69 Å². The zero-order valence-electron chi connectivity index (χ0n) is 16.5. The molecule has 0 spiro atoms. The Kier molecular flexibility index (Phi) is 7.32. The van der Waals surface area contributed by atoms with Gasteiger partial charge in [0.15, 0.2) is 4.90 Å². The maximum absolute atomic E-state index is 12.6. The first kappa shape index (κ1) is 22.8. The van der Waals surface area contributed by atoms with E-state index in [4.69, 9.17) is 0 Å². The Morgan fingerprint density at radius 1 is 1.14 bits per heavy atom. The van der Waals surface area contributed by atoms with Crippen LogP contribution in [0.1, 0.15) is 11.1 Å². The molecule has 0 fully saturated rings. The molecule has 0 aliphatic heterocycles. The monoisotopic (exact) mass is 432 g/mol. The van der Waals surface area contributed by atoms with Crippen LogP contribution in [0.25, 0.3) is 0 Å². The lowest BCUT2D eigenvalue weighted by atomic mass is 10.1. The predicted octanol–water partition coefficient (Wildman–Crippen LogP) is 2.71. The Balaban J connectivity index is 2.16. The minimum absolute atomic E-state index is 0.234. The standard InChI is InChI=1S/C20H24N2O5SSi/c1-29(2,3)13-12-16-8-10-17(11-9-16)14-18(15-23)21-28(26,27)20-7-5-4-6-19(20)22(24)25/h4-11,18,21,23H,14-15H2,1-3H3/t18-/m1/s1. The number of rotatable bonds is 7. The maximum Gasteiger partial charge on any atom is 0.289 e. The van der Waals surface area contributed by atoms with Crippen LogP contribution in [0.15, 0.2) is 53.4 Å². The van der Waals surface area contributed by atoms with Gasteiger partial charge >= 0.3 is 0 Å². The summed E-state index contributed by atoms with van der Waals surface area (Å²) >= 11 is 0. The molecule has 0 saturated heterocycles. The summed E-state index contributed by atoms with van der Waals surface area (Å²) in [5.74, 6) is 3.14. The van der Waals surface area contributed by atoms with Crippen LogP contribution in [0, 0.1) is 21.6 Å². The van der Waals surface area contributed by atoms with Gasteiger partial charge in [0.25, 0.3) is 5.69 Å². The van der Waals surface area contributed by atoms with Gasteiger partial charge < -0.3 is 5.11 Å². The largest absolute Gasteiger partial charge is 0.395 e. The summed E-state index contributed by atoms with van der Waals surface area (Å²) in [5.41, 5.74) is 4.45. The smallest absolute Gasteiger partial charge is 0.289 e. The highest BCUT2D eigenvalue weighted by Gasteiger charge is 2.27. The fraction of sp³-hybridized carbons (Fsp3) is 0.300. The number of benzene rings is 2. The molecule has 29 heavy (non-hydrogen) atoms. The highest BCUT2D eigenvalue weighted by atomic mass is 32.2. The van der Waals surface area contributed by atoms with E-state index in [1.165, 1.54) is 18.2 Å². The zero-order chi connectivity index (χ0) is 21.7. The van der Waals surface area contributed by atoms with Crippen LogP contribution in [-0.4, -0.2) is 39.2 Å². The molecule has 0 aliphatic rings. The number of nitrogens with zero attached hydrogens (tertiary/aromatic N) is 1. The summed E-state index contributed by atoms with van der Waals surface area (Å²) in [4.78, 5) is 9.94. The van der Waals surface area contributed by atoms with Crippen molar-refractivity contribution in [3.8, 4) is 11.5 Å². The van der Waals surface area contributed by atoms with E-state index in [0.29, 0.717) is 0 Å². The number of nitrogens with one attached hydrogen (secondary N) is 1. The minimum Gasteiger partial charge on any atom is -0.395 e. The molecule has 2 aromatic carbocycles. The zero-order valence-corrected chi connectivity index (χ0v) is 18.4. The molecule has 0 saturated carbocycles. The Bertz CT molecular complexity index is 1040. The first-order chi connectivity index (χ1) is 13.5. The molecule has 154 valence electrons. The molecular formula is C20H24N2O5SSi. The molecule has 0 aliphatic carbocycles. The van der Waals surface area contributed by atoms with E-state index in [1.54, 1.807) is 0 Å². The number of hydrogen-bond acceptors (Lipinski definition) is 5. The van der Waals surface area contributed by atoms with E-state index in [9.17, 15) is 23.6 Å². The van der Waals surface area contributed by atoms with Crippen LogP contribution in [0.2, 0.25) is 19.6 Å². The molecule has 0 aromatic heterocycles. The number of hydrogen-bond donors (Lipinski definition) is 2. The first-order valence-corrected chi connectivity index (χ1v) is 14.0. The number of aliphatic hydroxyl groups is 1. The second kappa shape index (κ2) is 9.32. The second-order valence-corrected chi connectivity index (χ2v) is 14.1. The number of para-hydroxylation sites is 1. The first-order valence-electron chi connectivity index (χ1n) is 9.00. The molecule has 2 aromatic rings. The average molecular weight is 433 g/mol. The van der Waals surface area contributed by atoms with Crippen molar-refractivity contribution in [2.45, 2.75) is 37.0 Å². The molecule has 0 bridgehead atoms. The summed E-state index contributed by atoms with van der Waals surface area (Å²) < 4.78 is 27.6. The van der Waals surface area contributed by atoms with E-state index < -0.39 is 46.3 Å². The molecule has 0 unspecified atom stereocenters. The average Bonchev–Trinajstić information content (AvgIpc) is 2.66. The molecule has 2 rings (SSSR count). The van der Waals surface area contributed by atoms with Crippen LogP contribution in [-0.2, 0) is 16.4 Å². The highest BCUT2D eigenvalue weighted by Crippen LogP contribution is 2.23. The van der Waals surface area contributed by atoms with Gasteiger partial charge in [-0.05, 0) is 30.2 Å². The second-order valence-electron chi connectivity index (χ2n) is 7.63. The quantitative estimate of drug-likeness (QED) is 0.303. The van der Waals surface area contributed by atoms with Crippen molar-refractivity contribution < 1.29 is 18.4 Å². The van der Waals surface area contributed by atoms with Gasteiger partial charge in [-0.2, -0.15) is 0 Å². The molecule has 0 amide bonds. The molecule has 9 heteroatoms. The van der Waals surface area contributed by atoms with Crippen LogP contribution < -0.4 is 4.72 Å². The van der Waals surface area contributed by atoms with Gasteiger partial charge in [0.1, 0.15) is 8.07 Å². The van der Waals surface area contributed by atoms with Crippen LogP contribution >= 0.6 is 0 Å². The van der Waals surface area contributed by atoms with Crippen LogP contribution in [0.5, 0.6) is 0 Å². The summed E-state index contributed by atoms with van der Waals surface area (Å²) in [5, 5.41) is 20.7. The van der Waals surface area contributed by atoms with E-state index in [2.05, 4.69) is 35.8 Å². The fourth-order valence-electron chi connectivity index (χ4n) is 2.53. The lowest BCUT2D eigenvalue weighted by Crippen LogP contribution is -2.39. The Morgan fingerprint density at radius 2 is 1.76 bits per heavy atom. The molecule has 7 nitrogen and oxygen atoms in total. The van der Waals surface area contributed by atoms with Crippen LogP contribution in [0.3, 0.4) is 0 Å². The summed E-state index contributed by atoms with van der Waals surface area (Å²) in [7, 11) is -5.65. The summed E-state index contributed by atoms with van der Waals surface area (Å²) in [6.45, 7) is 6.02. The van der Waals surface area contributed by atoms with E-state index >= 15 is 0 Å². The summed E-state index contributed by atoms with van der Waals surface area (Å²) in [6.07, 6.45) is 0.234. The Labute approximate surface area is 172 Å². The molecule has 1 atom stereocenters. The molecule has 0 radical (unpaired) electrons. The SMILES string of the molecule is C[Si](C)(C)C#Cc1ccc(C[C@H](CO)NS(=O)(=O)c2ccccc2[N+](=O)[O-])cc1. The lowest BCUT2D eigenvalue weighted by molar-refractivity contribution is -0.387. The molecule has 2 N–H and O–H groups in total. The van der Waals surface area contributed by atoms with E-state index in [1.807, 2.05) is 24.3 Å². The third-order valence-corrected chi connectivity index (χ3v) is 6.35. The van der Waals surface area contributed by atoms with E-state index in [-0.39, 0.29) is 6.42 Å². The van der Waals surface area contributed by atoms with Crippen molar-refractivity contribution in [2.75, 3.05) is 6.61 Å². The third-order valence-electron chi connectivity index (χ3n) is 3.91.